The Kier molecular flexibility index (Phi) is 5.43. The molecule has 0 aliphatic heterocycles. The second kappa shape index (κ2) is 7.31. The molecule has 0 amide bonds. The lowest BCUT2D eigenvalue weighted by atomic mass is 9.94. The highest BCUT2D eigenvalue weighted by Gasteiger charge is 2.09. The summed E-state index contributed by atoms with van der Waals surface area (Å²) in [4.78, 5) is 1.45. The number of methoxy groups -OCH3 is 1. The molecular weight excluding hydrogens is 254 g/mol. The topological polar surface area (TPSA) is 35.2 Å². The number of nitrogens with two attached hydrogens (primary N) is 1. The zero-order chi connectivity index (χ0) is 13.5. The molecule has 1 unspecified atom stereocenters. The fourth-order valence-electron chi connectivity index (χ4n) is 2.24. The minimum absolute atomic E-state index is 0.536. The molecule has 3 heteroatoms. The predicted molar refractivity (Wildman–Crippen MR) is 81.9 cm³/mol. The summed E-state index contributed by atoms with van der Waals surface area (Å²) in [5.74, 6) is 1.46. The highest BCUT2D eigenvalue weighted by molar-refractivity contribution is 7.09. The summed E-state index contributed by atoms with van der Waals surface area (Å²) in [6.45, 7) is 0.739. The maximum Gasteiger partial charge on any atom is 0.119 e. The van der Waals surface area contributed by atoms with Crippen molar-refractivity contribution in [3.63, 3.8) is 0 Å². The Morgan fingerprint density at radius 3 is 2.84 bits per heavy atom. The third kappa shape index (κ3) is 4.37. The van der Waals surface area contributed by atoms with E-state index in [9.17, 15) is 0 Å². The van der Waals surface area contributed by atoms with E-state index in [1.54, 1.807) is 7.11 Å². The Morgan fingerprint density at radius 2 is 2.16 bits per heavy atom. The first-order valence-corrected chi connectivity index (χ1v) is 7.55. The van der Waals surface area contributed by atoms with E-state index in [-0.39, 0.29) is 0 Å². The highest BCUT2D eigenvalue weighted by Crippen LogP contribution is 2.20. The van der Waals surface area contributed by atoms with Gasteiger partial charge in [-0.1, -0.05) is 18.2 Å². The van der Waals surface area contributed by atoms with Gasteiger partial charge in [-0.2, -0.15) is 0 Å². The molecule has 19 heavy (non-hydrogen) atoms. The van der Waals surface area contributed by atoms with Crippen LogP contribution >= 0.6 is 11.3 Å². The summed E-state index contributed by atoms with van der Waals surface area (Å²) < 4.78 is 5.26. The van der Waals surface area contributed by atoms with E-state index in [1.165, 1.54) is 10.4 Å². The Hall–Kier alpha value is -1.32. The molecule has 2 N–H and O–H groups in total. The minimum atomic E-state index is 0.536. The van der Waals surface area contributed by atoms with Crippen molar-refractivity contribution in [1.82, 2.24) is 0 Å². The third-order valence-corrected chi connectivity index (χ3v) is 4.31. The molecular formula is C16H21NOS. The molecule has 0 radical (unpaired) electrons. The van der Waals surface area contributed by atoms with Crippen molar-refractivity contribution >= 4 is 11.3 Å². The molecule has 1 aromatic heterocycles. The lowest BCUT2D eigenvalue weighted by molar-refractivity contribution is 0.413. The number of hydrogen-bond donors (Lipinski definition) is 1. The molecule has 0 bridgehead atoms. The fraction of sp³-hybridized carbons (Fsp3) is 0.375. The Labute approximate surface area is 119 Å². The van der Waals surface area contributed by atoms with Crippen LogP contribution < -0.4 is 10.5 Å². The van der Waals surface area contributed by atoms with Crippen LogP contribution in [0.4, 0.5) is 0 Å². The van der Waals surface area contributed by atoms with Crippen LogP contribution in [0.2, 0.25) is 0 Å². The number of aryl methyl sites for hydroxylation is 1. The van der Waals surface area contributed by atoms with Crippen molar-refractivity contribution in [3.05, 3.63) is 52.2 Å². The summed E-state index contributed by atoms with van der Waals surface area (Å²) in [7, 11) is 1.70. The molecule has 2 aromatic rings. The molecule has 0 aliphatic carbocycles. The lowest BCUT2D eigenvalue weighted by Gasteiger charge is -2.14. The van der Waals surface area contributed by atoms with Gasteiger partial charge in [-0.25, -0.2) is 0 Å². The Balaban J connectivity index is 1.90. The second-order valence-corrected chi connectivity index (χ2v) is 5.81. The summed E-state index contributed by atoms with van der Waals surface area (Å²) in [6, 6.07) is 12.6. The number of thiophene rings is 1. The second-order valence-electron chi connectivity index (χ2n) is 4.78. The SMILES string of the molecule is COc1cccc(CC(CN)CCc2cccs2)c1. The van der Waals surface area contributed by atoms with Crippen LogP contribution in [-0.2, 0) is 12.8 Å². The normalized spacial score (nSPS) is 12.3. The number of rotatable bonds is 7. The van der Waals surface area contributed by atoms with Crippen molar-refractivity contribution < 1.29 is 4.74 Å². The van der Waals surface area contributed by atoms with Gasteiger partial charge in [-0.15, -0.1) is 11.3 Å². The monoisotopic (exact) mass is 275 g/mol. The van der Waals surface area contributed by atoms with Gasteiger partial charge in [0.15, 0.2) is 0 Å². The molecule has 1 atom stereocenters. The number of benzene rings is 1. The van der Waals surface area contributed by atoms with E-state index in [1.807, 2.05) is 23.5 Å². The third-order valence-electron chi connectivity index (χ3n) is 3.37. The van der Waals surface area contributed by atoms with Crippen molar-refractivity contribution in [2.45, 2.75) is 19.3 Å². The average molecular weight is 275 g/mol. The van der Waals surface area contributed by atoms with Gasteiger partial charge in [-0.3, -0.25) is 0 Å². The Bertz CT molecular complexity index is 481. The average Bonchev–Trinajstić information content (AvgIpc) is 2.97. The van der Waals surface area contributed by atoms with E-state index in [2.05, 4.69) is 29.6 Å². The summed E-state index contributed by atoms with van der Waals surface area (Å²) in [5, 5.41) is 2.13. The number of hydrogen-bond acceptors (Lipinski definition) is 3. The predicted octanol–water partition coefficient (Wildman–Crippen LogP) is 3.51. The van der Waals surface area contributed by atoms with Gasteiger partial charge in [0.1, 0.15) is 5.75 Å². The first-order chi connectivity index (χ1) is 9.31. The molecule has 2 rings (SSSR count). The van der Waals surface area contributed by atoms with Crippen LogP contribution in [0.5, 0.6) is 5.75 Å². The van der Waals surface area contributed by atoms with Gasteiger partial charge >= 0.3 is 0 Å². The van der Waals surface area contributed by atoms with Crippen LogP contribution in [0.15, 0.2) is 41.8 Å². The zero-order valence-electron chi connectivity index (χ0n) is 11.3. The van der Waals surface area contributed by atoms with Gasteiger partial charge in [0.2, 0.25) is 0 Å². The van der Waals surface area contributed by atoms with Crippen LogP contribution in [0.1, 0.15) is 16.9 Å². The largest absolute Gasteiger partial charge is 0.497 e. The van der Waals surface area contributed by atoms with Gasteiger partial charge in [0.05, 0.1) is 7.11 Å². The van der Waals surface area contributed by atoms with E-state index in [0.717, 1.165) is 31.6 Å². The van der Waals surface area contributed by atoms with E-state index in [4.69, 9.17) is 10.5 Å². The molecule has 0 spiro atoms. The number of ether oxygens (including phenoxy) is 1. The van der Waals surface area contributed by atoms with Crippen LogP contribution in [0.25, 0.3) is 0 Å². The first kappa shape index (κ1) is 14.1. The quantitative estimate of drug-likeness (QED) is 0.839. The lowest BCUT2D eigenvalue weighted by Crippen LogP contribution is -2.17. The maximum absolute atomic E-state index is 5.90. The van der Waals surface area contributed by atoms with Crippen molar-refractivity contribution in [2.24, 2.45) is 11.7 Å². The van der Waals surface area contributed by atoms with Crippen molar-refractivity contribution in [3.8, 4) is 5.75 Å². The Morgan fingerprint density at radius 1 is 1.26 bits per heavy atom. The molecule has 1 aromatic carbocycles. The molecule has 0 fully saturated rings. The standard InChI is InChI=1S/C16H21NOS/c1-18-15-5-2-4-13(11-15)10-14(12-17)7-8-16-6-3-9-19-16/h2-6,9,11,14H,7-8,10,12,17H2,1H3. The van der Waals surface area contributed by atoms with E-state index >= 15 is 0 Å². The summed E-state index contributed by atoms with van der Waals surface area (Å²) in [5.41, 5.74) is 7.21. The van der Waals surface area contributed by atoms with Gasteiger partial charge in [0, 0.05) is 4.88 Å². The van der Waals surface area contributed by atoms with Crippen molar-refractivity contribution in [2.75, 3.05) is 13.7 Å². The van der Waals surface area contributed by atoms with Gasteiger partial charge in [-0.05, 0) is 60.9 Å². The minimum Gasteiger partial charge on any atom is -0.497 e. The molecule has 0 saturated heterocycles. The van der Waals surface area contributed by atoms with Crippen LogP contribution in [0, 0.1) is 5.92 Å². The van der Waals surface area contributed by atoms with E-state index < -0.39 is 0 Å². The summed E-state index contributed by atoms with van der Waals surface area (Å²) in [6.07, 6.45) is 3.30. The molecule has 2 nitrogen and oxygen atoms in total. The van der Waals surface area contributed by atoms with Crippen LogP contribution in [0.3, 0.4) is 0 Å². The smallest absolute Gasteiger partial charge is 0.119 e. The first-order valence-electron chi connectivity index (χ1n) is 6.67. The fourth-order valence-corrected chi connectivity index (χ4v) is 2.96. The maximum atomic E-state index is 5.90. The van der Waals surface area contributed by atoms with Gasteiger partial charge in [0.25, 0.3) is 0 Å². The van der Waals surface area contributed by atoms with Crippen molar-refractivity contribution in [1.29, 1.82) is 0 Å². The highest BCUT2D eigenvalue weighted by atomic mass is 32.1. The zero-order valence-corrected chi connectivity index (χ0v) is 12.2. The molecule has 0 saturated carbocycles. The molecule has 0 aliphatic rings. The van der Waals surface area contributed by atoms with E-state index in [0.29, 0.717) is 5.92 Å². The molecule has 102 valence electrons. The van der Waals surface area contributed by atoms with Crippen LogP contribution in [-0.4, -0.2) is 13.7 Å². The molecule has 1 heterocycles. The van der Waals surface area contributed by atoms with Gasteiger partial charge < -0.3 is 10.5 Å². The summed E-state index contributed by atoms with van der Waals surface area (Å²) >= 11 is 1.83.